The second-order valence-corrected chi connectivity index (χ2v) is 3.19. The summed E-state index contributed by atoms with van der Waals surface area (Å²) in [6.45, 7) is 2.61. The fraction of sp³-hybridized carbons (Fsp3) is 0.273. The molecule has 2 aromatic rings. The number of aryl methyl sites for hydroxylation is 1. The van der Waals surface area contributed by atoms with Crippen LogP contribution in [0.2, 0.25) is 0 Å². The molecule has 0 amide bonds. The Morgan fingerprint density at radius 3 is 2.80 bits per heavy atom. The van der Waals surface area contributed by atoms with Gasteiger partial charge in [-0.3, -0.25) is 0 Å². The van der Waals surface area contributed by atoms with Crippen molar-refractivity contribution in [3.63, 3.8) is 0 Å². The van der Waals surface area contributed by atoms with Crippen LogP contribution >= 0.6 is 0 Å². The monoisotopic (exact) mass is 203 g/mol. The van der Waals surface area contributed by atoms with E-state index in [9.17, 15) is 0 Å². The summed E-state index contributed by atoms with van der Waals surface area (Å²) in [5, 5.41) is 7.92. The number of ether oxygens (including phenoxy) is 1. The number of aromatic nitrogens is 3. The Balaban J connectivity index is 2.48. The first-order chi connectivity index (χ1) is 7.33. The van der Waals surface area contributed by atoms with Gasteiger partial charge in [-0.25, -0.2) is 0 Å². The lowest BCUT2D eigenvalue weighted by atomic mass is 10.2. The second kappa shape index (κ2) is 4.13. The molecule has 0 radical (unpaired) electrons. The Morgan fingerprint density at radius 1 is 1.33 bits per heavy atom. The zero-order valence-corrected chi connectivity index (χ0v) is 8.84. The Morgan fingerprint density at radius 2 is 2.13 bits per heavy atom. The first-order valence-corrected chi connectivity index (χ1v) is 4.89. The van der Waals surface area contributed by atoms with Crippen LogP contribution in [-0.2, 0) is 7.05 Å². The molecule has 0 unspecified atom stereocenters. The van der Waals surface area contributed by atoms with Gasteiger partial charge in [-0.2, -0.15) is 0 Å². The van der Waals surface area contributed by atoms with Gasteiger partial charge in [0.25, 0.3) is 0 Å². The highest BCUT2D eigenvalue weighted by atomic mass is 16.5. The standard InChI is InChI=1S/C11H13N3O/c1-3-15-10-7-5-4-6-9(10)11-13-12-8-14(11)2/h4-8H,3H2,1-2H3. The minimum Gasteiger partial charge on any atom is -0.493 e. The molecule has 4 nitrogen and oxygen atoms in total. The van der Waals surface area contributed by atoms with E-state index in [2.05, 4.69) is 10.2 Å². The smallest absolute Gasteiger partial charge is 0.167 e. The molecular weight excluding hydrogens is 190 g/mol. The lowest BCUT2D eigenvalue weighted by Gasteiger charge is -2.08. The topological polar surface area (TPSA) is 39.9 Å². The van der Waals surface area contributed by atoms with E-state index in [1.807, 2.05) is 42.8 Å². The molecule has 1 aromatic heterocycles. The summed E-state index contributed by atoms with van der Waals surface area (Å²) in [5.41, 5.74) is 0.972. The lowest BCUT2D eigenvalue weighted by Crippen LogP contribution is -1.97. The van der Waals surface area contributed by atoms with E-state index < -0.39 is 0 Å². The first kappa shape index (κ1) is 9.71. The fourth-order valence-corrected chi connectivity index (χ4v) is 1.46. The molecule has 15 heavy (non-hydrogen) atoms. The van der Waals surface area contributed by atoms with Crippen molar-refractivity contribution in [1.82, 2.24) is 14.8 Å². The summed E-state index contributed by atoms with van der Waals surface area (Å²) in [4.78, 5) is 0. The van der Waals surface area contributed by atoms with Crippen LogP contribution < -0.4 is 4.74 Å². The third-order valence-corrected chi connectivity index (χ3v) is 2.14. The molecule has 2 rings (SSSR count). The minimum absolute atomic E-state index is 0.648. The summed E-state index contributed by atoms with van der Waals surface area (Å²) >= 11 is 0. The Bertz CT molecular complexity index is 451. The van der Waals surface area contributed by atoms with E-state index in [1.54, 1.807) is 6.33 Å². The van der Waals surface area contributed by atoms with Crippen molar-refractivity contribution in [1.29, 1.82) is 0 Å². The number of nitrogens with zero attached hydrogens (tertiary/aromatic N) is 3. The molecule has 0 N–H and O–H groups in total. The SMILES string of the molecule is CCOc1ccccc1-c1nncn1C. The zero-order valence-electron chi connectivity index (χ0n) is 8.84. The molecule has 0 saturated heterocycles. The quantitative estimate of drug-likeness (QED) is 0.764. The van der Waals surface area contributed by atoms with Gasteiger partial charge in [-0.15, -0.1) is 10.2 Å². The van der Waals surface area contributed by atoms with E-state index in [4.69, 9.17) is 4.74 Å². The number of benzene rings is 1. The molecular formula is C11H13N3O. The highest BCUT2D eigenvalue weighted by molar-refractivity contribution is 5.63. The molecule has 0 aliphatic carbocycles. The third-order valence-electron chi connectivity index (χ3n) is 2.14. The van der Waals surface area contributed by atoms with Crippen molar-refractivity contribution in [2.24, 2.45) is 7.05 Å². The van der Waals surface area contributed by atoms with Gasteiger partial charge in [0.05, 0.1) is 12.2 Å². The van der Waals surface area contributed by atoms with Crippen LogP contribution in [0.25, 0.3) is 11.4 Å². The van der Waals surface area contributed by atoms with Crippen molar-refractivity contribution < 1.29 is 4.74 Å². The minimum atomic E-state index is 0.648. The van der Waals surface area contributed by atoms with Crippen LogP contribution in [0.15, 0.2) is 30.6 Å². The average Bonchev–Trinajstić information content (AvgIpc) is 2.66. The second-order valence-electron chi connectivity index (χ2n) is 3.19. The Labute approximate surface area is 88.5 Å². The number of hydrogen-bond acceptors (Lipinski definition) is 3. The maximum atomic E-state index is 5.53. The van der Waals surface area contributed by atoms with E-state index in [0.29, 0.717) is 6.61 Å². The zero-order chi connectivity index (χ0) is 10.7. The van der Waals surface area contributed by atoms with Crippen molar-refractivity contribution in [2.45, 2.75) is 6.92 Å². The molecule has 0 spiro atoms. The first-order valence-electron chi connectivity index (χ1n) is 4.89. The average molecular weight is 203 g/mol. The molecule has 0 saturated carbocycles. The molecule has 1 heterocycles. The lowest BCUT2D eigenvalue weighted by molar-refractivity contribution is 0.341. The maximum Gasteiger partial charge on any atom is 0.167 e. The van der Waals surface area contributed by atoms with Crippen molar-refractivity contribution in [2.75, 3.05) is 6.61 Å². The molecule has 4 heteroatoms. The molecule has 0 bridgehead atoms. The van der Waals surface area contributed by atoms with E-state index in [-0.39, 0.29) is 0 Å². The highest BCUT2D eigenvalue weighted by Crippen LogP contribution is 2.27. The van der Waals surface area contributed by atoms with Crippen LogP contribution in [0.5, 0.6) is 5.75 Å². The molecule has 0 atom stereocenters. The summed E-state index contributed by atoms with van der Waals surface area (Å²) in [6.07, 6.45) is 1.68. The summed E-state index contributed by atoms with van der Waals surface area (Å²) in [6, 6.07) is 7.83. The van der Waals surface area contributed by atoms with Crippen molar-refractivity contribution in [3.8, 4) is 17.1 Å². The van der Waals surface area contributed by atoms with E-state index in [1.165, 1.54) is 0 Å². The number of para-hydroxylation sites is 1. The van der Waals surface area contributed by atoms with Gasteiger partial charge in [0.2, 0.25) is 0 Å². The van der Waals surface area contributed by atoms with Crippen LogP contribution in [-0.4, -0.2) is 21.4 Å². The van der Waals surface area contributed by atoms with Gasteiger partial charge in [0.15, 0.2) is 5.82 Å². The number of rotatable bonds is 3. The Hall–Kier alpha value is -1.84. The van der Waals surface area contributed by atoms with Gasteiger partial charge >= 0.3 is 0 Å². The van der Waals surface area contributed by atoms with Crippen LogP contribution in [0.4, 0.5) is 0 Å². The summed E-state index contributed by atoms with van der Waals surface area (Å²) < 4.78 is 7.41. The van der Waals surface area contributed by atoms with Gasteiger partial charge in [-0.05, 0) is 19.1 Å². The summed E-state index contributed by atoms with van der Waals surface area (Å²) in [7, 11) is 1.91. The molecule has 0 fully saturated rings. The largest absolute Gasteiger partial charge is 0.493 e. The van der Waals surface area contributed by atoms with Gasteiger partial charge in [0.1, 0.15) is 12.1 Å². The normalized spacial score (nSPS) is 10.3. The van der Waals surface area contributed by atoms with Gasteiger partial charge in [-0.1, -0.05) is 12.1 Å². The molecule has 1 aromatic carbocycles. The maximum absolute atomic E-state index is 5.53. The van der Waals surface area contributed by atoms with E-state index >= 15 is 0 Å². The third kappa shape index (κ3) is 1.83. The molecule has 0 aliphatic rings. The van der Waals surface area contributed by atoms with Crippen LogP contribution in [0.1, 0.15) is 6.92 Å². The van der Waals surface area contributed by atoms with E-state index in [0.717, 1.165) is 17.1 Å². The predicted octanol–water partition coefficient (Wildman–Crippen LogP) is 1.88. The van der Waals surface area contributed by atoms with Crippen LogP contribution in [0.3, 0.4) is 0 Å². The van der Waals surface area contributed by atoms with Gasteiger partial charge < -0.3 is 9.30 Å². The molecule has 78 valence electrons. The predicted molar refractivity (Wildman–Crippen MR) is 57.6 cm³/mol. The van der Waals surface area contributed by atoms with Crippen molar-refractivity contribution in [3.05, 3.63) is 30.6 Å². The Kier molecular flexibility index (Phi) is 2.67. The molecule has 0 aliphatic heterocycles. The van der Waals surface area contributed by atoms with Crippen LogP contribution in [0, 0.1) is 0 Å². The highest BCUT2D eigenvalue weighted by Gasteiger charge is 2.09. The fourth-order valence-electron chi connectivity index (χ4n) is 1.46. The number of hydrogen-bond donors (Lipinski definition) is 0. The van der Waals surface area contributed by atoms with Gasteiger partial charge in [0, 0.05) is 7.05 Å². The van der Waals surface area contributed by atoms with Crippen molar-refractivity contribution >= 4 is 0 Å². The summed E-state index contributed by atoms with van der Waals surface area (Å²) in [5.74, 6) is 1.66.